The van der Waals surface area contributed by atoms with E-state index in [-0.39, 0.29) is 0 Å². The maximum Gasteiger partial charge on any atom is 0.229 e. The Hall–Kier alpha value is -1.90. The molecule has 0 N–H and O–H groups in total. The van der Waals surface area contributed by atoms with Crippen LogP contribution in [0.1, 0.15) is 29.5 Å². The van der Waals surface area contributed by atoms with Crippen LogP contribution in [0.5, 0.6) is 0 Å². The van der Waals surface area contributed by atoms with Gasteiger partial charge in [-0.1, -0.05) is 25.1 Å². The molecule has 3 heteroatoms. The minimum atomic E-state index is -0.506. The Labute approximate surface area is 93.1 Å². The lowest BCUT2D eigenvalue weighted by Crippen LogP contribution is -2.02. The predicted octanol–water partition coefficient (Wildman–Crippen LogP) is 2.77. The van der Waals surface area contributed by atoms with Gasteiger partial charge in [0.25, 0.3) is 0 Å². The number of carbonyl (C=O) groups is 2. The van der Waals surface area contributed by atoms with Gasteiger partial charge in [0.05, 0.1) is 5.56 Å². The van der Waals surface area contributed by atoms with Crippen LogP contribution >= 0.6 is 0 Å². The third-order valence-corrected chi connectivity index (χ3v) is 2.50. The summed E-state index contributed by atoms with van der Waals surface area (Å²) in [6, 6.07) is 7.27. The van der Waals surface area contributed by atoms with Gasteiger partial charge in [-0.25, -0.2) is 0 Å². The Morgan fingerprint density at radius 3 is 2.81 bits per heavy atom. The number of ketones is 1. The van der Waals surface area contributed by atoms with Crippen molar-refractivity contribution in [1.29, 1.82) is 0 Å². The molecule has 16 heavy (non-hydrogen) atoms. The molecule has 0 unspecified atom stereocenters. The average Bonchev–Trinajstić information content (AvgIpc) is 2.66. The molecular formula is C13H12O3. The van der Waals surface area contributed by atoms with E-state index in [2.05, 4.69) is 0 Å². The monoisotopic (exact) mass is 216 g/mol. The largest absolute Gasteiger partial charge is 0.460 e. The van der Waals surface area contributed by atoms with Crippen LogP contribution < -0.4 is 0 Å². The highest BCUT2D eigenvalue weighted by Gasteiger charge is 2.18. The number of carbonyl (C=O) groups excluding carboxylic acids is 2. The summed E-state index contributed by atoms with van der Waals surface area (Å²) in [4.78, 5) is 22.2. The van der Waals surface area contributed by atoms with Gasteiger partial charge in [0.1, 0.15) is 11.3 Å². The Balaban J connectivity index is 2.68. The average molecular weight is 216 g/mol. The normalized spacial score (nSPS) is 10.6. The van der Waals surface area contributed by atoms with Gasteiger partial charge in [0.15, 0.2) is 6.29 Å². The summed E-state index contributed by atoms with van der Waals surface area (Å²) in [5, 5.41) is 0.725. The Bertz CT molecular complexity index is 537. The molecule has 1 aromatic carbocycles. The first-order valence-corrected chi connectivity index (χ1v) is 5.27. The zero-order valence-corrected chi connectivity index (χ0v) is 9.03. The molecule has 0 atom stereocenters. The number of aryl methyl sites for hydroxylation is 1. The van der Waals surface area contributed by atoms with Crippen molar-refractivity contribution >= 4 is 23.0 Å². The van der Waals surface area contributed by atoms with Crippen molar-refractivity contribution < 1.29 is 14.0 Å². The topological polar surface area (TPSA) is 47.3 Å². The van der Waals surface area contributed by atoms with E-state index in [1.165, 1.54) is 0 Å². The first-order valence-electron chi connectivity index (χ1n) is 5.27. The molecule has 0 bridgehead atoms. The zero-order chi connectivity index (χ0) is 11.5. The SMILES string of the molecule is CCCc1oc2ccccc2c1C(=O)C=O. The highest BCUT2D eigenvalue weighted by atomic mass is 16.3. The Kier molecular flexibility index (Phi) is 2.86. The number of fused-ring (bicyclic) bond motifs is 1. The van der Waals surface area contributed by atoms with Gasteiger partial charge in [-0.2, -0.15) is 0 Å². The fourth-order valence-corrected chi connectivity index (χ4v) is 1.83. The lowest BCUT2D eigenvalue weighted by molar-refractivity contribution is -0.104. The van der Waals surface area contributed by atoms with Crippen molar-refractivity contribution in [3.8, 4) is 0 Å². The van der Waals surface area contributed by atoms with Crippen molar-refractivity contribution in [2.75, 3.05) is 0 Å². The molecule has 82 valence electrons. The second-order valence-electron chi connectivity index (χ2n) is 3.63. The molecule has 1 heterocycles. The molecule has 0 spiro atoms. The number of hydrogen-bond donors (Lipinski definition) is 0. The van der Waals surface area contributed by atoms with Crippen LogP contribution in [-0.4, -0.2) is 12.1 Å². The molecule has 0 fully saturated rings. The highest BCUT2D eigenvalue weighted by Crippen LogP contribution is 2.26. The van der Waals surface area contributed by atoms with Crippen LogP contribution in [0.4, 0.5) is 0 Å². The van der Waals surface area contributed by atoms with E-state index < -0.39 is 5.78 Å². The smallest absolute Gasteiger partial charge is 0.229 e. The fraction of sp³-hybridized carbons (Fsp3) is 0.231. The van der Waals surface area contributed by atoms with E-state index in [1.54, 1.807) is 12.1 Å². The van der Waals surface area contributed by atoms with Crippen LogP contribution in [0, 0.1) is 0 Å². The maximum absolute atomic E-state index is 11.6. The third kappa shape index (κ3) is 1.65. The Morgan fingerprint density at radius 1 is 1.38 bits per heavy atom. The van der Waals surface area contributed by atoms with E-state index in [0.29, 0.717) is 29.6 Å². The van der Waals surface area contributed by atoms with Crippen LogP contribution in [0.25, 0.3) is 11.0 Å². The number of rotatable bonds is 4. The molecular weight excluding hydrogens is 204 g/mol. The maximum atomic E-state index is 11.6. The minimum Gasteiger partial charge on any atom is -0.460 e. The first-order chi connectivity index (χ1) is 7.77. The van der Waals surface area contributed by atoms with E-state index >= 15 is 0 Å². The van der Waals surface area contributed by atoms with Crippen molar-refractivity contribution in [2.45, 2.75) is 19.8 Å². The summed E-state index contributed by atoms with van der Waals surface area (Å²) in [5.41, 5.74) is 1.09. The lowest BCUT2D eigenvalue weighted by atomic mass is 10.1. The predicted molar refractivity (Wildman–Crippen MR) is 60.6 cm³/mol. The number of Topliss-reactive ketones (excluding diaryl/α,β-unsaturated/α-hetero) is 1. The molecule has 0 saturated carbocycles. The molecule has 0 saturated heterocycles. The van der Waals surface area contributed by atoms with Crippen LogP contribution in [0.3, 0.4) is 0 Å². The Morgan fingerprint density at radius 2 is 2.12 bits per heavy atom. The molecule has 2 rings (SSSR count). The molecule has 2 aromatic rings. The van der Waals surface area contributed by atoms with Crippen LogP contribution in [-0.2, 0) is 11.2 Å². The summed E-state index contributed by atoms with van der Waals surface area (Å²) < 4.78 is 5.58. The summed E-state index contributed by atoms with van der Waals surface area (Å²) in [6.45, 7) is 2.00. The number of aldehydes is 1. The number of hydrogen-bond acceptors (Lipinski definition) is 3. The van der Waals surface area contributed by atoms with Gasteiger partial charge in [-0.15, -0.1) is 0 Å². The van der Waals surface area contributed by atoms with Gasteiger partial charge in [-0.3, -0.25) is 9.59 Å². The second-order valence-corrected chi connectivity index (χ2v) is 3.63. The number of furan rings is 1. The third-order valence-electron chi connectivity index (χ3n) is 2.50. The second kappa shape index (κ2) is 4.31. The standard InChI is InChI=1S/C13H12O3/c1-2-5-12-13(10(15)8-14)9-6-3-4-7-11(9)16-12/h3-4,6-8H,2,5H2,1H3. The summed E-state index contributed by atoms with van der Waals surface area (Å²) >= 11 is 0. The first kappa shape index (κ1) is 10.6. The molecule has 0 aliphatic rings. The van der Waals surface area contributed by atoms with Crippen molar-refractivity contribution in [3.63, 3.8) is 0 Å². The van der Waals surface area contributed by atoms with E-state index in [4.69, 9.17) is 4.42 Å². The number of para-hydroxylation sites is 1. The molecule has 0 radical (unpaired) electrons. The molecule has 0 amide bonds. The lowest BCUT2D eigenvalue weighted by Gasteiger charge is -1.95. The van der Waals surface area contributed by atoms with Gasteiger partial charge < -0.3 is 4.42 Å². The number of benzene rings is 1. The minimum absolute atomic E-state index is 0.344. The summed E-state index contributed by atoms with van der Waals surface area (Å²) in [5.74, 6) is 0.106. The van der Waals surface area contributed by atoms with Crippen LogP contribution in [0.2, 0.25) is 0 Å². The van der Waals surface area contributed by atoms with E-state index in [1.807, 2.05) is 19.1 Å². The summed E-state index contributed by atoms with van der Waals surface area (Å²) in [6.07, 6.45) is 1.89. The van der Waals surface area contributed by atoms with Crippen LogP contribution in [0.15, 0.2) is 28.7 Å². The molecule has 0 aliphatic carbocycles. The van der Waals surface area contributed by atoms with Crippen molar-refractivity contribution in [1.82, 2.24) is 0 Å². The van der Waals surface area contributed by atoms with E-state index in [0.717, 1.165) is 11.8 Å². The fourth-order valence-electron chi connectivity index (χ4n) is 1.83. The van der Waals surface area contributed by atoms with Crippen molar-refractivity contribution in [2.24, 2.45) is 0 Å². The van der Waals surface area contributed by atoms with Gasteiger partial charge >= 0.3 is 0 Å². The van der Waals surface area contributed by atoms with Gasteiger partial charge in [0, 0.05) is 11.8 Å². The van der Waals surface area contributed by atoms with Gasteiger partial charge in [0.2, 0.25) is 5.78 Å². The molecule has 0 aliphatic heterocycles. The molecule has 3 nitrogen and oxygen atoms in total. The molecule has 1 aromatic heterocycles. The van der Waals surface area contributed by atoms with Crippen molar-refractivity contribution in [3.05, 3.63) is 35.6 Å². The zero-order valence-electron chi connectivity index (χ0n) is 9.03. The van der Waals surface area contributed by atoms with E-state index in [9.17, 15) is 9.59 Å². The summed E-state index contributed by atoms with van der Waals surface area (Å²) in [7, 11) is 0. The highest BCUT2D eigenvalue weighted by molar-refractivity contribution is 6.36. The quantitative estimate of drug-likeness (QED) is 0.448. The van der Waals surface area contributed by atoms with Gasteiger partial charge in [-0.05, 0) is 12.5 Å².